The molecule has 23 heavy (non-hydrogen) atoms. The van der Waals surface area contributed by atoms with Crippen LogP contribution in [0.3, 0.4) is 0 Å². The Kier molecular flexibility index (Phi) is 16.5. The highest BCUT2D eigenvalue weighted by molar-refractivity contribution is 7.85. The number of ether oxygens (including phenoxy) is 3. The van der Waals surface area contributed by atoms with Crippen LogP contribution in [0.15, 0.2) is 0 Å². The highest BCUT2D eigenvalue weighted by Crippen LogP contribution is 2.08. The number of hydrogen-bond donors (Lipinski definition) is 1. The molecule has 0 bridgehead atoms. The Balaban J connectivity index is 3.03. The average molecular weight is 355 g/mol. The van der Waals surface area contributed by atoms with Gasteiger partial charge in [-0.2, -0.15) is 8.42 Å². The normalized spacial score (nSPS) is 11.9. The summed E-state index contributed by atoms with van der Waals surface area (Å²) in [5.41, 5.74) is 0. The van der Waals surface area contributed by atoms with Crippen molar-refractivity contribution < 1.29 is 27.2 Å². The first-order chi connectivity index (χ1) is 11.1. The van der Waals surface area contributed by atoms with E-state index in [9.17, 15) is 8.42 Å². The SMILES string of the molecule is CCCCCCCCCCOCCOCCOCCS(=O)(=O)O. The monoisotopic (exact) mass is 354 g/mol. The highest BCUT2D eigenvalue weighted by Gasteiger charge is 2.03. The van der Waals surface area contributed by atoms with Crippen molar-refractivity contribution in [2.45, 2.75) is 58.3 Å². The molecule has 0 aliphatic carbocycles. The van der Waals surface area contributed by atoms with Crippen molar-refractivity contribution in [3.05, 3.63) is 0 Å². The molecular formula is C16H34O6S. The maximum absolute atomic E-state index is 10.4. The molecule has 0 aromatic carbocycles. The van der Waals surface area contributed by atoms with Gasteiger partial charge >= 0.3 is 0 Å². The number of hydrogen-bond acceptors (Lipinski definition) is 5. The summed E-state index contributed by atoms with van der Waals surface area (Å²) in [5, 5.41) is 0. The largest absolute Gasteiger partial charge is 0.379 e. The van der Waals surface area contributed by atoms with Gasteiger partial charge in [0.2, 0.25) is 0 Å². The summed E-state index contributed by atoms with van der Waals surface area (Å²) in [6.45, 7) is 4.79. The molecule has 0 saturated heterocycles. The van der Waals surface area contributed by atoms with Gasteiger partial charge in [-0.05, 0) is 6.42 Å². The van der Waals surface area contributed by atoms with Gasteiger partial charge in [0.25, 0.3) is 10.1 Å². The van der Waals surface area contributed by atoms with Crippen molar-refractivity contribution in [2.24, 2.45) is 0 Å². The Morgan fingerprint density at radius 3 is 1.61 bits per heavy atom. The molecule has 0 unspecified atom stereocenters. The molecular weight excluding hydrogens is 320 g/mol. The molecule has 0 fully saturated rings. The zero-order valence-corrected chi connectivity index (χ0v) is 15.3. The van der Waals surface area contributed by atoms with Crippen LogP contribution in [0.5, 0.6) is 0 Å². The summed E-state index contributed by atoms with van der Waals surface area (Å²) in [7, 11) is -3.93. The number of rotatable bonds is 18. The van der Waals surface area contributed by atoms with Crippen LogP contribution in [0, 0.1) is 0 Å². The molecule has 0 radical (unpaired) electrons. The molecule has 0 aromatic rings. The first-order valence-corrected chi connectivity index (χ1v) is 10.4. The summed E-state index contributed by atoms with van der Waals surface area (Å²) in [6.07, 6.45) is 10.3. The average Bonchev–Trinajstić information content (AvgIpc) is 2.49. The molecule has 0 atom stereocenters. The Hall–Kier alpha value is -0.210. The van der Waals surface area contributed by atoms with E-state index in [-0.39, 0.29) is 12.4 Å². The molecule has 6 nitrogen and oxygen atoms in total. The first-order valence-electron chi connectivity index (χ1n) is 8.74. The predicted octanol–water partition coefficient (Wildman–Crippen LogP) is 3.06. The lowest BCUT2D eigenvalue weighted by Crippen LogP contribution is -2.14. The fraction of sp³-hybridized carbons (Fsp3) is 1.00. The van der Waals surface area contributed by atoms with Crippen LogP contribution in [0.1, 0.15) is 58.3 Å². The van der Waals surface area contributed by atoms with E-state index in [1.165, 1.54) is 44.9 Å². The van der Waals surface area contributed by atoms with E-state index in [2.05, 4.69) is 6.92 Å². The van der Waals surface area contributed by atoms with E-state index in [4.69, 9.17) is 18.8 Å². The van der Waals surface area contributed by atoms with Gasteiger partial charge in [-0.1, -0.05) is 51.9 Å². The summed E-state index contributed by atoms with van der Waals surface area (Å²) >= 11 is 0. The fourth-order valence-corrected chi connectivity index (χ4v) is 2.37. The van der Waals surface area contributed by atoms with Crippen LogP contribution in [-0.2, 0) is 24.3 Å². The summed E-state index contributed by atoms with van der Waals surface area (Å²) in [6, 6.07) is 0. The van der Waals surface area contributed by atoms with Gasteiger partial charge in [-0.3, -0.25) is 4.55 Å². The topological polar surface area (TPSA) is 82.1 Å². The van der Waals surface area contributed by atoms with Crippen molar-refractivity contribution in [3.63, 3.8) is 0 Å². The Morgan fingerprint density at radius 1 is 0.652 bits per heavy atom. The minimum atomic E-state index is -3.93. The molecule has 7 heteroatoms. The second-order valence-corrected chi connectivity index (χ2v) is 7.17. The van der Waals surface area contributed by atoms with Crippen LogP contribution < -0.4 is 0 Å². The summed E-state index contributed by atoms with van der Waals surface area (Å²) in [5.74, 6) is -0.380. The quantitative estimate of drug-likeness (QED) is 0.301. The van der Waals surface area contributed by atoms with E-state index >= 15 is 0 Å². The molecule has 0 saturated carbocycles. The third kappa shape index (κ3) is 21.8. The van der Waals surface area contributed by atoms with Crippen molar-refractivity contribution in [2.75, 3.05) is 45.4 Å². The van der Waals surface area contributed by atoms with E-state index < -0.39 is 10.1 Å². The van der Waals surface area contributed by atoms with Crippen LogP contribution in [-0.4, -0.2) is 58.4 Å². The fourth-order valence-electron chi connectivity index (χ4n) is 2.04. The Bertz CT molecular complexity index is 331. The minimum absolute atomic E-state index is 0.0167. The number of unbranched alkanes of at least 4 members (excludes halogenated alkanes) is 7. The van der Waals surface area contributed by atoms with E-state index in [1.54, 1.807) is 0 Å². The van der Waals surface area contributed by atoms with E-state index in [1.807, 2.05) is 0 Å². The zero-order valence-electron chi connectivity index (χ0n) is 14.5. The predicted molar refractivity (Wildman–Crippen MR) is 91.5 cm³/mol. The molecule has 0 spiro atoms. The first kappa shape index (κ1) is 22.8. The maximum atomic E-state index is 10.4. The molecule has 0 aromatic heterocycles. The van der Waals surface area contributed by atoms with Crippen molar-refractivity contribution in [3.8, 4) is 0 Å². The van der Waals surface area contributed by atoms with Gasteiger partial charge < -0.3 is 14.2 Å². The molecule has 0 amide bonds. The van der Waals surface area contributed by atoms with Crippen molar-refractivity contribution >= 4 is 10.1 Å². The molecule has 0 rings (SSSR count). The van der Waals surface area contributed by atoms with Crippen LogP contribution in [0.25, 0.3) is 0 Å². The van der Waals surface area contributed by atoms with Gasteiger partial charge in [-0.15, -0.1) is 0 Å². The lowest BCUT2D eigenvalue weighted by molar-refractivity contribution is 0.0164. The molecule has 1 N–H and O–H groups in total. The highest BCUT2D eigenvalue weighted by atomic mass is 32.2. The zero-order chi connectivity index (χ0) is 17.2. The summed E-state index contributed by atoms with van der Waals surface area (Å²) < 4.78 is 45.1. The minimum Gasteiger partial charge on any atom is -0.379 e. The summed E-state index contributed by atoms with van der Waals surface area (Å²) in [4.78, 5) is 0. The molecule has 0 aliphatic heterocycles. The molecule has 0 aliphatic rings. The Morgan fingerprint density at radius 2 is 1.09 bits per heavy atom. The van der Waals surface area contributed by atoms with E-state index in [0.29, 0.717) is 26.4 Å². The van der Waals surface area contributed by atoms with Crippen molar-refractivity contribution in [1.82, 2.24) is 0 Å². The van der Waals surface area contributed by atoms with Crippen LogP contribution >= 0.6 is 0 Å². The van der Waals surface area contributed by atoms with Crippen LogP contribution in [0.2, 0.25) is 0 Å². The second-order valence-electron chi connectivity index (χ2n) is 5.60. The molecule has 0 heterocycles. The van der Waals surface area contributed by atoms with Crippen LogP contribution in [0.4, 0.5) is 0 Å². The van der Waals surface area contributed by atoms with E-state index in [0.717, 1.165) is 13.0 Å². The lowest BCUT2D eigenvalue weighted by Gasteiger charge is -2.06. The maximum Gasteiger partial charge on any atom is 0.267 e. The smallest absolute Gasteiger partial charge is 0.267 e. The third-order valence-electron chi connectivity index (χ3n) is 3.37. The van der Waals surface area contributed by atoms with Crippen molar-refractivity contribution in [1.29, 1.82) is 0 Å². The third-order valence-corrected chi connectivity index (χ3v) is 4.05. The standard InChI is InChI=1S/C16H34O6S/c1-2-3-4-5-6-7-8-9-10-20-11-12-21-13-14-22-15-16-23(17,18)19/h2-16H2,1H3,(H,17,18,19). The van der Waals surface area contributed by atoms with Gasteiger partial charge in [0.1, 0.15) is 0 Å². The second kappa shape index (κ2) is 16.6. The Labute approximate surface area is 141 Å². The van der Waals surface area contributed by atoms with Gasteiger partial charge in [0.15, 0.2) is 0 Å². The molecule has 140 valence electrons. The van der Waals surface area contributed by atoms with Gasteiger partial charge in [0.05, 0.1) is 38.8 Å². The lowest BCUT2D eigenvalue weighted by atomic mass is 10.1. The van der Waals surface area contributed by atoms with Gasteiger partial charge in [-0.25, -0.2) is 0 Å². The van der Waals surface area contributed by atoms with Gasteiger partial charge in [0, 0.05) is 6.61 Å².